The molecular formula is C25H23ClF3N11O. The summed E-state index contributed by atoms with van der Waals surface area (Å²) in [5.41, 5.74) is 1.83. The largest absolute Gasteiger partial charge is 0.417 e. The molecule has 0 aliphatic heterocycles. The molecule has 0 fully saturated rings. The van der Waals surface area contributed by atoms with Crippen molar-refractivity contribution in [2.75, 3.05) is 29.6 Å². The number of hydrogen-bond donors (Lipinski definition) is 3. The lowest BCUT2D eigenvalue weighted by atomic mass is 10.2. The van der Waals surface area contributed by atoms with Gasteiger partial charge in [-0.25, -0.2) is 15.0 Å². The summed E-state index contributed by atoms with van der Waals surface area (Å²) in [6.07, 6.45) is 1.93. The number of benzene rings is 1. The number of anilines is 6. The van der Waals surface area contributed by atoms with Crippen LogP contribution in [-0.4, -0.2) is 54.3 Å². The third kappa shape index (κ3) is 5.99. The summed E-state index contributed by atoms with van der Waals surface area (Å²) >= 11 is 5.85. The van der Waals surface area contributed by atoms with Gasteiger partial charge in [-0.3, -0.25) is 14.0 Å². The molecule has 212 valence electrons. The normalized spacial score (nSPS) is 11.5. The fourth-order valence-corrected chi connectivity index (χ4v) is 4.20. The number of pyridine rings is 1. The van der Waals surface area contributed by atoms with Crippen molar-refractivity contribution in [1.29, 1.82) is 0 Å². The number of aryl methyl sites for hydroxylation is 1. The van der Waals surface area contributed by atoms with Crippen LogP contribution in [0, 0.1) is 0 Å². The fraction of sp³-hybridized carbons (Fsp3) is 0.200. The van der Waals surface area contributed by atoms with E-state index in [-0.39, 0.29) is 12.5 Å². The van der Waals surface area contributed by atoms with Crippen LogP contribution in [0.5, 0.6) is 0 Å². The summed E-state index contributed by atoms with van der Waals surface area (Å²) in [5.74, 6) is 1.08. The topological polar surface area (TPSA) is 131 Å². The van der Waals surface area contributed by atoms with Crippen molar-refractivity contribution < 1.29 is 18.0 Å². The molecule has 4 aromatic heterocycles. The second-order valence-corrected chi connectivity index (χ2v) is 9.28. The third-order valence-electron chi connectivity index (χ3n) is 6.07. The number of alkyl halides is 3. The van der Waals surface area contributed by atoms with Gasteiger partial charge in [-0.2, -0.15) is 23.3 Å². The molecule has 0 aliphatic carbocycles. The lowest BCUT2D eigenvalue weighted by Crippen LogP contribution is -2.23. The molecule has 0 aliphatic rings. The standard InChI is InChI=1S/C25H23ClF3N11O/c1-30-21(41)13-40-12-15(10-33-40)34-23-31-7-6-20(37-23)38(2)16-9-19-22(32-11-16)39(3)24(36-19)35-14-4-5-17(18(26)8-14)25(27,28)29/h4-12H,13H2,1-3H3,(H,30,41)(H,35,36)(H,31,34,37). The van der Waals surface area contributed by atoms with Crippen LogP contribution in [0.15, 0.2) is 55.1 Å². The Morgan fingerprint density at radius 1 is 1.07 bits per heavy atom. The van der Waals surface area contributed by atoms with E-state index in [1.54, 1.807) is 54.4 Å². The summed E-state index contributed by atoms with van der Waals surface area (Å²) in [6.45, 7) is 0.0835. The van der Waals surface area contributed by atoms with Gasteiger partial charge in [0.25, 0.3) is 0 Å². The Morgan fingerprint density at radius 2 is 1.88 bits per heavy atom. The van der Waals surface area contributed by atoms with Gasteiger partial charge >= 0.3 is 6.18 Å². The molecule has 12 nitrogen and oxygen atoms in total. The van der Waals surface area contributed by atoms with E-state index >= 15 is 0 Å². The van der Waals surface area contributed by atoms with Crippen LogP contribution in [0.2, 0.25) is 5.02 Å². The number of hydrogen-bond acceptors (Lipinski definition) is 9. The van der Waals surface area contributed by atoms with E-state index in [1.807, 2.05) is 13.1 Å². The Bertz CT molecular complexity index is 1730. The quantitative estimate of drug-likeness (QED) is 0.239. The zero-order valence-electron chi connectivity index (χ0n) is 21.9. The highest BCUT2D eigenvalue weighted by molar-refractivity contribution is 6.31. The number of nitrogens with one attached hydrogen (secondary N) is 3. The minimum atomic E-state index is -4.54. The predicted octanol–water partition coefficient (Wildman–Crippen LogP) is 4.63. The zero-order valence-corrected chi connectivity index (χ0v) is 22.7. The second kappa shape index (κ2) is 10.9. The summed E-state index contributed by atoms with van der Waals surface area (Å²) in [5, 5.41) is 12.3. The maximum Gasteiger partial charge on any atom is 0.417 e. The highest BCUT2D eigenvalue weighted by Crippen LogP contribution is 2.36. The molecule has 0 spiro atoms. The molecule has 1 amide bonds. The van der Waals surface area contributed by atoms with Crippen molar-refractivity contribution in [3.8, 4) is 0 Å². The molecule has 4 heterocycles. The molecule has 1 aromatic carbocycles. The van der Waals surface area contributed by atoms with Crippen molar-refractivity contribution in [3.05, 3.63) is 65.7 Å². The molecular weight excluding hydrogens is 563 g/mol. The predicted molar refractivity (Wildman–Crippen MR) is 148 cm³/mol. The number of likely N-dealkylation sites (N-methyl/N-ethyl adjacent to an activating group) is 1. The van der Waals surface area contributed by atoms with Crippen molar-refractivity contribution in [2.45, 2.75) is 12.7 Å². The number of nitrogens with zero attached hydrogens (tertiary/aromatic N) is 8. The van der Waals surface area contributed by atoms with Gasteiger partial charge in [0.2, 0.25) is 17.8 Å². The van der Waals surface area contributed by atoms with Crippen LogP contribution in [0.25, 0.3) is 11.2 Å². The summed E-state index contributed by atoms with van der Waals surface area (Å²) in [6, 6.07) is 6.94. The third-order valence-corrected chi connectivity index (χ3v) is 6.38. The number of halogens is 4. The molecule has 5 rings (SSSR count). The van der Waals surface area contributed by atoms with E-state index in [2.05, 4.69) is 41.0 Å². The lowest BCUT2D eigenvalue weighted by Gasteiger charge is -2.18. The molecule has 0 atom stereocenters. The van der Waals surface area contributed by atoms with Gasteiger partial charge in [0.05, 0.1) is 34.4 Å². The summed E-state index contributed by atoms with van der Waals surface area (Å²) in [4.78, 5) is 31.2. The van der Waals surface area contributed by atoms with Crippen LogP contribution in [0.1, 0.15) is 5.56 Å². The number of fused-ring (bicyclic) bond motifs is 1. The first-order chi connectivity index (χ1) is 19.5. The van der Waals surface area contributed by atoms with Gasteiger partial charge in [0.1, 0.15) is 17.9 Å². The van der Waals surface area contributed by atoms with Crippen molar-refractivity contribution in [1.82, 2.24) is 39.6 Å². The SMILES string of the molecule is CNC(=O)Cn1cc(Nc2nccc(N(C)c3cnc4c(c3)nc(Nc3ccc(C(F)(F)F)c(Cl)c3)n4C)n2)cn1. The number of aromatic nitrogens is 7. The van der Waals surface area contributed by atoms with Gasteiger partial charge < -0.3 is 20.9 Å². The maximum atomic E-state index is 13.0. The average Bonchev–Trinajstić information content (AvgIpc) is 3.50. The van der Waals surface area contributed by atoms with Crippen LogP contribution in [-0.2, 0) is 24.6 Å². The maximum absolute atomic E-state index is 13.0. The van der Waals surface area contributed by atoms with Crippen LogP contribution in [0.4, 0.5) is 47.9 Å². The second-order valence-electron chi connectivity index (χ2n) is 8.87. The van der Waals surface area contributed by atoms with Gasteiger partial charge in [-0.15, -0.1) is 0 Å². The molecule has 0 radical (unpaired) electrons. The smallest absolute Gasteiger partial charge is 0.358 e. The minimum Gasteiger partial charge on any atom is -0.358 e. The molecule has 41 heavy (non-hydrogen) atoms. The van der Waals surface area contributed by atoms with E-state index < -0.39 is 16.8 Å². The Balaban J connectivity index is 1.34. The number of rotatable bonds is 8. The lowest BCUT2D eigenvalue weighted by molar-refractivity contribution is -0.137. The Hall–Kier alpha value is -4.92. The van der Waals surface area contributed by atoms with Crippen LogP contribution >= 0.6 is 11.6 Å². The Morgan fingerprint density at radius 3 is 2.61 bits per heavy atom. The Labute approximate surface area is 236 Å². The number of carbonyl (C=O) groups is 1. The first kappa shape index (κ1) is 27.6. The molecule has 16 heteroatoms. The molecule has 0 bridgehead atoms. The highest BCUT2D eigenvalue weighted by atomic mass is 35.5. The van der Waals surface area contributed by atoms with E-state index in [0.29, 0.717) is 45.9 Å². The molecule has 0 saturated carbocycles. The minimum absolute atomic E-state index is 0.0835. The first-order valence-corrected chi connectivity index (χ1v) is 12.4. The fourth-order valence-electron chi connectivity index (χ4n) is 3.91. The Kier molecular flexibility index (Phi) is 7.36. The zero-order chi connectivity index (χ0) is 29.3. The van der Waals surface area contributed by atoms with E-state index in [9.17, 15) is 18.0 Å². The van der Waals surface area contributed by atoms with Gasteiger partial charge in [0, 0.05) is 39.2 Å². The average molecular weight is 586 g/mol. The number of amides is 1. The van der Waals surface area contributed by atoms with E-state index in [0.717, 1.165) is 6.07 Å². The van der Waals surface area contributed by atoms with Crippen molar-refractivity contribution in [3.63, 3.8) is 0 Å². The van der Waals surface area contributed by atoms with E-state index in [1.165, 1.54) is 16.8 Å². The summed E-state index contributed by atoms with van der Waals surface area (Å²) < 4.78 is 42.3. The number of carbonyl (C=O) groups excluding carboxylic acids is 1. The van der Waals surface area contributed by atoms with Gasteiger partial charge in [-0.1, -0.05) is 11.6 Å². The van der Waals surface area contributed by atoms with Gasteiger partial charge in [-0.05, 0) is 30.3 Å². The van der Waals surface area contributed by atoms with E-state index in [4.69, 9.17) is 11.6 Å². The van der Waals surface area contributed by atoms with Gasteiger partial charge in [0.15, 0.2) is 5.65 Å². The summed E-state index contributed by atoms with van der Waals surface area (Å²) in [7, 11) is 5.10. The van der Waals surface area contributed by atoms with Crippen LogP contribution in [0.3, 0.4) is 0 Å². The molecule has 0 saturated heterocycles. The van der Waals surface area contributed by atoms with Crippen molar-refractivity contribution in [2.24, 2.45) is 7.05 Å². The number of imidazole rings is 1. The highest BCUT2D eigenvalue weighted by Gasteiger charge is 2.33. The van der Waals surface area contributed by atoms with Crippen molar-refractivity contribution >= 4 is 63.4 Å². The van der Waals surface area contributed by atoms with Crippen LogP contribution < -0.4 is 20.9 Å². The first-order valence-electron chi connectivity index (χ1n) is 12.0. The molecule has 5 aromatic rings. The monoisotopic (exact) mass is 585 g/mol. The molecule has 0 unspecified atom stereocenters. The molecule has 3 N–H and O–H groups in total.